The van der Waals surface area contributed by atoms with E-state index < -0.39 is 0 Å². The third kappa shape index (κ3) is 1.89. The van der Waals surface area contributed by atoms with Crippen LogP contribution in [0.15, 0.2) is 12.1 Å². The van der Waals surface area contributed by atoms with Gasteiger partial charge in [0.2, 0.25) is 0 Å². The number of hydrogen-bond donors (Lipinski definition) is 0. The van der Waals surface area contributed by atoms with Crippen LogP contribution < -0.4 is 9.47 Å². The van der Waals surface area contributed by atoms with Crippen molar-refractivity contribution in [3.05, 3.63) is 23.3 Å². The largest absolute Gasteiger partial charge is 0.493 e. The van der Waals surface area contributed by atoms with Crippen molar-refractivity contribution in [3.63, 3.8) is 0 Å². The molecule has 1 aromatic carbocycles. The average molecular weight is 382 g/mol. The highest BCUT2D eigenvalue weighted by Gasteiger charge is 2.71. The van der Waals surface area contributed by atoms with Crippen molar-refractivity contribution in [2.45, 2.75) is 64.0 Å². The minimum absolute atomic E-state index is 0.159. The highest BCUT2D eigenvalue weighted by Crippen LogP contribution is 2.67. The lowest BCUT2D eigenvalue weighted by molar-refractivity contribution is -0.163. The van der Waals surface area contributed by atoms with E-state index in [1.165, 1.54) is 30.5 Å². The molecule has 2 aliphatic heterocycles. The van der Waals surface area contributed by atoms with E-state index in [1.54, 1.807) is 7.11 Å². The summed E-state index contributed by atoms with van der Waals surface area (Å²) in [6.45, 7) is 8.95. The van der Waals surface area contributed by atoms with Gasteiger partial charge in [-0.2, -0.15) is 0 Å². The maximum atomic E-state index is 13.7. The maximum absolute atomic E-state index is 13.7. The predicted molar refractivity (Wildman–Crippen MR) is 107 cm³/mol. The summed E-state index contributed by atoms with van der Waals surface area (Å²) in [5.41, 5.74) is 2.19. The first-order valence-corrected chi connectivity index (χ1v) is 11.0. The minimum Gasteiger partial charge on any atom is -0.493 e. The molecule has 0 amide bonds. The molecule has 3 aliphatic carbocycles. The van der Waals surface area contributed by atoms with Crippen LogP contribution in [0, 0.1) is 23.2 Å². The number of methoxy groups -OCH3 is 1. The Bertz CT molecular complexity index is 873. The summed E-state index contributed by atoms with van der Waals surface area (Å²) in [5.74, 6) is 3.65. The minimum atomic E-state index is -0.355. The number of ether oxygens (including phenoxy) is 2. The Morgan fingerprint density at radius 2 is 2.07 bits per heavy atom. The van der Waals surface area contributed by atoms with Crippen molar-refractivity contribution >= 4 is 5.78 Å². The quantitative estimate of drug-likeness (QED) is 0.802. The first-order valence-electron chi connectivity index (χ1n) is 11.0. The van der Waals surface area contributed by atoms with Gasteiger partial charge in [0.25, 0.3) is 0 Å². The van der Waals surface area contributed by atoms with Crippen molar-refractivity contribution in [2.75, 3.05) is 20.2 Å². The molecule has 0 radical (unpaired) electrons. The molecule has 6 rings (SSSR count). The monoisotopic (exact) mass is 381 g/mol. The third-order valence-corrected chi connectivity index (χ3v) is 9.06. The highest BCUT2D eigenvalue weighted by atomic mass is 16.5. The zero-order chi connectivity index (χ0) is 19.4. The molecule has 3 fully saturated rings. The number of piperidine rings is 1. The standard InChI is InChI=1S/C24H31NO3/c1-13-18-16-11-15-7-8-17(27-4)20-19(15)24(18,9-10-25(16)12-14-5-6-14)22(28-20)21(26)23(13,2)3/h7-8,13-14,16,18,22H,5-6,9-12H2,1-4H3/t13?,16-,18+,22?,24+/m1/s1. The van der Waals surface area contributed by atoms with Gasteiger partial charge >= 0.3 is 0 Å². The van der Waals surface area contributed by atoms with Crippen molar-refractivity contribution in [1.29, 1.82) is 0 Å². The average Bonchev–Trinajstić information content (AvgIpc) is 3.43. The number of hydrogen-bond acceptors (Lipinski definition) is 4. The molecule has 5 aliphatic rings. The second-order valence-corrected chi connectivity index (χ2v) is 10.5. The van der Waals surface area contributed by atoms with Crippen LogP contribution >= 0.6 is 0 Å². The van der Waals surface area contributed by atoms with E-state index in [2.05, 4.69) is 31.7 Å². The van der Waals surface area contributed by atoms with Gasteiger partial charge < -0.3 is 9.47 Å². The fourth-order valence-electron chi connectivity index (χ4n) is 7.16. The molecule has 2 bridgehead atoms. The van der Waals surface area contributed by atoms with Gasteiger partial charge in [-0.25, -0.2) is 0 Å². The van der Waals surface area contributed by atoms with E-state index in [-0.39, 0.29) is 22.7 Å². The zero-order valence-electron chi connectivity index (χ0n) is 17.5. The molecule has 1 spiro atoms. The molecule has 28 heavy (non-hydrogen) atoms. The fourth-order valence-corrected chi connectivity index (χ4v) is 7.16. The molecule has 4 heteroatoms. The smallest absolute Gasteiger partial charge is 0.180 e. The molecular formula is C24H31NO3. The van der Waals surface area contributed by atoms with Crippen molar-refractivity contribution < 1.29 is 14.3 Å². The first-order chi connectivity index (χ1) is 13.4. The van der Waals surface area contributed by atoms with E-state index in [4.69, 9.17) is 9.47 Å². The molecule has 2 saturated carbocycles. The van der Waals surface area contributed by atoms with E-state index in [0.717, 1.165) is 36.8 Å². The van der Waals surface area contributed by atoms with Gasteiger partial charge in [0.15, 0.2) is 23.4 Å². The highest BCUT2D eigenvalue weighted by molar-refractivity contribution is 5.93. The Balaban J connectivity index is 1.57. The van der Waals surface area contributed by atoms with Gasteiger partial charge in [0, 0.05) is 29.0 Å². The number of carbonyl (C=O) groups excluding carboxylic acids is 1. The van der Waals surface area contributed by atoms with Gasteiger partial charge in [0.1, 0.15) is 0 Å². The Hall–Kier alpha value is -1.55. The molecule has 150 valence electrons. The number of carbonyl (C=O) groups is 1. The van der Waals surface area contributed by atoms with Crippen LogP contribution in [0.3, 0.4) is 0 Å². The molecule has 0 N–H and O–H groups in total. The molecule has 1 aromatic rings. The van der Waals surface area contributed by atoms with Crippen LogP contribution in [0.25, 0.3) is 0 Å². The molecule has 2 unspecified atom stereocenters. The van der Waals surface area contributed by atoms with Crippen LogP contribution in [0.1, 0.15) is 51.2 Å². The van der Waals surface area contributed by atoms with Gasteiger partial charge in [0.05, 0.1) is 7.11 Å². The van der Waals surface area contributed by atoms with Crippen molar-refractivity contribution in [3.8, 4) is 11.5 Å². The van der Waals surface area contributed by atoms with Crippen LogP contribution in [0.5, 0.6) is 11.5 Å². The lowest BCUT2D eigenvalue weighted by Crippen LogP contribution is -2.71. The molecule has 5 atom stereocenters. The van der Waals surface area contributed by atoms with Gasteiger partial charge in [-0.3, -0.25) is 9.69 Å². The maximum Gasteiger partial charge on any atom is 0.180 e. The summed E-state index contributed by atoms with van der Waals surface area (Å²) in [6.07, 6.45) is 4.55. The van der Waals surface area contributed by atoms with Crippen LogP contribution in [0.2, 0.25) is 0 Å². The number of likely N-dealkylation sites (tertiary alicyclic amines) is 1. The van der Waals surface area contributed by atoms with Crippen molar-refractivity contribution in [2.24, 2.45) is 23.2 Å². The molecule has 0 aromatic heterocycles. The van der Waals surface area contributed by atoms with Crippen LogP contribution in [-0.2, 0) is 16.6 Å². The second-order valence-electron chi connectivity index (χ2n) is 10.5. The number of benzene rings is 1. The Morgan fingerprint density at radius 1 is 1.29 bits per heavy atom. The van der Waals surface area contributed by atoms with Crippen LogP contribution in [-0.4, -0.2) is 43.0 Å². The normalized spacial score (nSPS) is 40.1. The summed E-state index contributed by atoms with van der Waals surface area (Å²) < 4.78 is 12.2. The van der Waals surface area contributed by atoms with E-state index in [9.17, 15) is 4.79 Å². The molecule has 4 nitrogen and oxygen atoms in total. The predicted octanol–water partition coefficient (Wildman–Crippen LogP) is 3.60. The lowest BCUT2D eigenvalue weighted by Gasteiger charge is -2.62. The van der Waals surface area contributed by atoms with Gasteiger partial charge in [-0.1, -0.05) is 26.8 Å². The topological polar surface area (TPSA) is 38.8 Å². The van der Waals surface area contributed by atoms with Crippen molar-refractivity contribution in [1.82, 2.24) is 4.90 Å². The fraction of sp³-hybridized carbons (Fsp3) is 0.708. The summed E-state index contributed by atoms with van der Waals surface area (Å²) in [6, 6.07) is 4.81. The molecule has 1 saturated heterocycles. The number of nitrogens with zero attached hydrogens (tertiary/aromatic N) is 1. The van der Waals surface area contributed by atoms with Crippen LogP contribution in [0.4, 0.5) is 0 Å². The number of rotatable bonds is 3. The van der Waals surface area contributed by atoms with E-state index in [1.807, 2.05) is 6.07 Å². The zero-order valence-corrected chi connectivity index (χ0v) is 17.5. The first kappa shape index (κ1) is 17.3. The van der Waals surface area contributed by atoms with Gasteiger partial charge in [-0.05, 0) is 61.6 Å². The Labute approximate surface area is 167 Å². The summed E-state index contributed by atoms with van der Waals surface area (Å²) in [4.78, 5) is 16.4. The SMILES string of the molecule is COc1ccc2c3c1OC1C(=O)C(C)(C)C(C)[C@H]4[C@@H](C2)N(CC2CC2)CC[C@]314. The Kier molecular flexibility index (Phi) is 3.29. The number of Topliss-reactive ketones (excluding diaryl/α,β-unsaturated/α-hetero) is 1. The van der Waals surface area contributed by atoms with Gasteiger partial charge in [-0.15, -0.1) is 0 Å². The second kappa shape index (κ2) is 5.33. The summed E-state index contributed by atoms with van der Waals surface area (Å²) in [5, 5.41) is 0. The third-order valence-electron chi connectivity index (χ3n) is 9.06. The van der Waals surface area contributed by atoms with E-state index >= 15 is 0 Å². The Morgan fingerprint density at radius 3 is 2.79 bits per heavy atom. The summed E-state index contributed by atoms with van der Waals surface area (Å²) in [7, 11) is 1.71. The molecular weight excluding hydrogens is 350 g/mol. The lowest BCUT2D eigenvalue weighted by atomic mass is 9.44. The van der Waals surface area contributed by atoms with E-state index in [0.29, 0.717) is 17.9 Å². The molecule has 2 heterocycles. The number of ketones is 1. The summed E-state index contributed by atoms with van der Waals surface area (Å²) >= 11 is 0.